The lowest BCUT2D eigenvalue weighted by Gasteiger charge is -2.36. The van der Waals surface area contributed by atoms with Crippen LogP contribution in [0.15, 0.2) is 22.7 Å². The number of hydrogen-bond acceptors (Lipinski definition) is 3. The molecule has 0 bridgehead atoms. The number of aromatic carboxylic acids is 1. The molecule has 1 aromatic carbocycles. The van der Waals surface area contributed by atoms with Crippen LogP contribution >= 0.6 is 15.9 Å². The molecule has 2 rings (SSSR count). The van der Waals surface area contributed by atoms with Crippen LogP contribution in [0.25, 0.3) is 0 Å². The monoisotopic (exact) mass is 326 g/mol. The van der Waals surface area contributed by atoms with Gasteiger partial charge in [0.1, 0.15) is 0 Å². The van der Waals surface area contributed by atoms with Gasteiger partial charge in [0.05, 0.1) is 5.56 Å². The highest BCUT2D eigenvalue weighted by molar-refractivity contribution is 9.10. The molecule has 2 N–H and O–H groups in total. The Hall–Kier alpha value is -0.910. The lowest BCUT2D eigenvalue weighted by molar-refractivity contribution is 0.0697. The molecule has 0 radical (unpaired) electrons. The predicted molar refractivity (Wildman–Crippen MR) is 78.4 cm³/mol. The molecule has 0 aromatic heterocycles. The van der Waals surface area contributed by atoms with Crippen molar-refractivity contribution in [2.24, 2.45) is 0 Å². The van der Waals surface area contributed by atoms with Gasteiger partial charge >= 0.3 is 5.97 Å². The first kappa shape index (κ1) is 14.5. The molecule has 5 heteroatoms. The maximum atomic E-state index is 10.9. The third-order valence-electron chi connectivity index (χ3n) is 3.33. The van der Waals surface area contributed by atoms with E-state index in [2.05, 4.69) is 40.0 Å². The van der Waals surface area contributed by atoms with Gasteiger partial charge in [-0.3, -0.25) is 4.90 Å². The molecule has 1 fully saturated rings. The Morgan fingerprint density at radius 1 is 1.42 bits per heavy atom. The fourth-order valence-corrected chi connectivity index (χ4v) is 3.12. The highest BCUT2D eigenvalue weighted by Gasteiger charge is 2.21. The molecular weight excluding hydrogens is 308 g/mol. The molecule has 1 heterocycles. The van der Waals surface area contributed by atoms with E-state index in [4.69, 9.17) is 5.11 Å². The molecule has 1 aromatic rings. The number of hydrogen-bond donors (Lipinski definition) is 2. The summed E-state index contributed by atoms with van der Waals surface area (Å²) >= 11 is 3.47. The molecule has 2 atom stereocenters. The zero-order valence-electron chi connectivity index (χ0n) is 11.2. The second-order valence-corrected chi connectivity index (χ2v) is 6.13. The van der Waals surface area contributed by atoms with Gasteiger partial charge in [0.15, 0.2) is 0 Å². The summed E-state index contributed by atoms with van der Waals surface area (Å²) in [6, 6.07) is 6.20. The van der Waals surface area contributed by atoms with E-state index in [-0.39, 0.29) is 0 Å². The zero-order chi connectivity index (χ0) is 14.0. The number of carboxylic acids is 1. The molecule has 0 aliphatic carbocycles. The van der Waals surface area contributed by atoms with E-state index in [9.17, 15) is 4.79 Å². The molecule has 1 aliphatic heterocycles. The second-order valence-electron chi connectivity index (χ2n) is 5.27. The Kier molecular flexibility index (Phi) is 4.60. The number of piperazine rings is 1. The normalized spacial score (nSPS) is 24.4. The number of nitrogens with zero attached hydrogens (tertiary/aromatic N) is 1. The molecule has 0 saturated carbocycles. The van der Waals surface area contributed by atoms with Crippen LogP contribution in [0.2, 0.25) is 0 Å². The summed E-state index contributed by atoms with van der Waals surface area (Å²) < 4.78 is 0.867. The third kappa shape index (κ3) is 3.78. The highest BCUT2D eigenvalue weighted by atomic mass is 79.9. The standard InChI is InChI=1S/C14H19BrN2O2/c1-9-6-17(7-10(2)16-9)8-12-4-3-11(14(18)19)5-13(12)15/h3-5,9-10,16H,6-8H2,1-2H3,(H,18,19). The molecular formula is C14H19BrN2O2. The summed E-state index contributed by atoms with van der Waals surface area (Å²) in [6.45, 7) is 7.24. The van der Waals surface area contributed by atoms with Crippen LogP contribution < -0.4 is 5.32 Å². The van der Waals surface area contributed by atoms with Gasteiger partial charge in [0, 0.05) is 36.2 Å². The first-order chi connectivity index (χ1) is 8.95. The van der Waals surface area contributed by atoms with E-state index in [0.29, 0.717) is 17.6 Å². The average molecular weight is 327 g/mol. The minimum atomic E-state index is -0.892. The van der Waals surface area contributed by atoms with E-state index in [1.165, 1.54) is 0 Å². The van der Waals surface area contributed by atoms with Gasteiger partial charge in [0.25, 0.3) is 0 Å². The van der Waals surface area contributed by atoms with Gasteiger partial charge in [0.2, 0.25) is 0 Å². The van der Waals surface area contributed by atoms with Gasteiger partial charge in [-0.2, -0.15) is 0 Å². The first-order valence-corrected chi connectivity index (χ1v) is 7.25. The quantitative estimate of drug-likeness (QED) is 0.895. The van der Waals surface area contributed by atoms with Crippen LogP contribution in [0.3, 0.4) is 0 Å². The molecule has 1 aliphatic rings. The van der Waals surface area contributed by atoms with Crippen LogP contribution in [0.5, 0.6) is 0 Å². The van der Waals surface area contributed by atoms with Crippen molar-refractivity contribution in [3.63, 3.8) is 0 Å². The summed E-state index contributed by atoms with van der Waals surface area (Å²) in [5.41, 5.74) is 1.45. The fraction of sp³-hybridized carbons (Fsp3) is 0.500. The Morgan fingerprint density at radius 3 is 2.58 bits per heavy atom. The van der Waals surface area contributed by atoms with Gasteiger partial charge in [-0.1, -0.05) is 22.0 Å². The fourth-order valence-electron chi connectivity index (χ4n) is 2.62. The Morgan fingerprint density at radius 2 is 2.05 bits per heavy atom. The minimum Gasteiger partial charge on any atom is -0.478 e. The van der Waals surface area contributed by atoms with Crippen LogP contribution in [-0.2, 0) is 6.54 Å². The maximum absolute atomic E-state index is 10.9. The average Bonchev–Trinajstić information content (AvgIpc) is 2.30. The van der Waals surface area contributed by atoms with Crippen LogP contribution in [0.1, 0.15) is 29.8 Å². The largest absolute Gasteiger partial charge is 0.478 e. The number of rotatable bonds is 3. The second kappa shape index (κ2) is 6.03. The van der Waals surface area contributed by atoms with Crippen molar-refractivity contribution in [1.29, 1.82) is 0 Å². The summed E-state index contributed by atoms with van der Waals surface area (Å²) in [5.74, 6) is -0.892. The van der Waals surface area contributed by atoms with Gasteiger partial charge in [-0.15, -0.1) is 0 Å². The summed E-state index contributed by atoms with van der Waals surface area (Å²) in [5, 5.41) is 12.5. The SMILES string of the molecule is CC1CN(Cc2ccc(C(=O)O)cc2Br)CC(C)N1. The summed E-state index contributed by atoms with van der Waals surface area (Å²) in [6.07, 6.45) is 0. The smallest absolute Gasteiger partial charge is 0.335 e. The minimum absolute atomic E-state index is 0.317. The van der Waals surface area contributed by atoms with E-state index < -0.39 is 5.97 Å². The summed E-state index contributed by atoms with van der Waals surface area (Å²) in [4.78, 5) is 13.3. The Balaban J connectivity index is 2.08. The Labute approximate surface area is 121 Å². The molecule has 2 unspecified atom stereocenters. The number of benzene rings is 1. The van der Waals surface area contributed by atoms with E-state index in [0.717, 1.165) is 29.7 Å². The zero-order valence-corrected chi connectivity index (χ0v) is 12.8. The van der Waals surface area contributed by atoms with Crippen molar-refractivity contribution in [3.8, 4) is 0 Å². The van der Waals surface area contributed by atoms with E-state index in [1.807, 2.05) is 6.07 Å². The van der Waals surface area contributed by atoms with Crippen molar-refractivity contribution in [3.05, 3.63) is 33.8 Å². The highest BCUT2D eigenvalue weighted by Crippen LogP contribution is 2.21. The maximum Gasteiger partial charge on any atom is 0.335 e. The van der Waals surface area contributed by atoms with Crippen molar-refractivity contribution < 1.29 is 9.90 Å². The molecule has 1 saturated heterocycles. The molecule has 104 valence electrons. The molecule has 19 heavy (non-hydrogen) atoms. The van der Waals surface area contributed by atoms with Crippen LogP contribution in [0.4, 0.5) is 0 Å². The first-order valence-electron chi connectivity index (χ1n) is 6.46. The van der Waals surface area contributed by atoms with Crippen LogP contribution in [0, 0.1) is 0 Å². The van der Waals surface area contributed by atoms with Crippen molar-refractivity contribution in [2.45, 2.75) is 32.5 Å². The number of carbonyl (C=O) groups is 1. The van der Waals surface area contributed by atoms with Gasteiger partial charge in [-0.05, 0) is 31.5 Å². The van der Waals surface area contributed by atoms with Gasteiger partial charge in [-0.25, -0.2) is 4.79 Å². The van der Waals surface area contributed by atoms with Crippen molar-refractivity contribution >= 4 is 21.9 Å². The van der Waals surface area contributed by atoms with Crippen molar-refractivity contribution in [2.75, 3.05) is 13.1 Å². The molecule has 0 spiro atoms. The third-order valence-corrected chi connectivity index (χ3v) is 4.07. The lowest BCUT2D eigenvalue weighted by atomic mass is 10.1. The lowest BCUT2D eigenvalue weighted by Crippen LogP contribution is -2.53. The van der Waals surface area contributed by atoms with Crippen LogP contribution in [-0.4, -0.2) is 41.1 Å². The summed E-state index contributed by atoms with van der Waals surface area (Å²) in [7, 11) is 0. The van der Waals surface area contributed by atoms with Gasteiger partial charge < -0.3 is 10.4 Å². The topological polar surface area (TPSA) is 52.6 Å². The molecule has 0 amide bonds. The number of nitrogens with one attached hydrogen (secondary N) is 1. The molecule has 4 nitrogen and oxygen atoms in total. The van der Waals surface area contributed by atoms with Crippen molar-refractivity contribution in [1.82, 2.24) is 10.2 Å². The Bertz CT molecular complexity index is 469. The number of carboxylic acid groups (broad SMARTS) is 1. The van der Waals surface area contributed by atoms with E-state index in [1.54, 1.807) is 12.1 Å². The van der Waals surface area contributed by atoms with E-state index >= 15 is 0 Å². The number of halogens is 1. The predicted octanol–water partition coefficient (Wildman–Crippen LogP) is 2.33.